The van der Waals surface area contributed by atoms with Crippen molar-refractivity contribution in [3.8, 4) is 0 Å². The van der Waals surface area contributed by atoms with Crippen LogP contribution in [0.2, 0.25) is 0 Å². The van der Waals surface area contributed by atoms with Gasteiger partial charge in [0.05, 0.1) is 0 Å². The van der Waals surface area contributed by atoms with Crippen molar-refractivity contribution < 1.29 is 0 Å². The summed E-state index contributed by atoms with van der Waals surface area (Å²) in [6.45, 7) is 3.20. The van der Waals surface area contributed by atoms with Gasteiger partial charge in [-0.05, 0) is 31.2 Å². The van der Waals surface area contributed by atoms with Gasteiger partial charge >= 0.3 is 0 Å². The lowest BCUT2D eigenvalue weighted by molar-refractivity contribution is 0.252. The molecule has 1 aliphatic carbocycles. The molecule has 0 radical (unpaired) electrons. The van der Waals surface area contributed by atoms with Gasteiger partial charge in [-0.3, -0.25) is 0 Å². The zero-order valence-electron chi connectivity index (χ0n) is 7.68. The first-order chi connectivity index (χ1) is 5.36. The predicted molar refractivity (Wildman–Crippen MR) is 49.4 cm³/mol. The Kier molecular flexibility index (Phi) is 3.92. The minimum Gasteiger partial charge on any atom is -0.330 e. The van der Waals surface area contributed by atoms with E-state index >= 15 is 0 Å². The zero-order chi connectivity index (χ0) is 8.10. The fourth-order valence-electron chi connectivity index (χ4n) is 2.27. The monoisotopic (exact) mass is 155 g/mol. The number of hydrogen-bond donors (Lipinski definition) is 1. The largest absolute Gasteiger partial charge is 0.330 e. The summed E-state index contributed by atoms with van der Waals surface area (Å²) in [5.41, 5.74) is 5.55. The van der Waals surface area contributed by atoms with Crippen molar-refractivity contribution in [1.29, 1.82) is 0 Å². The third-order valence-corrected chi connectivity index (χ3v) is 3.04. The third-order valence-electron chi connectivity index (χ3n) is 3.04. The highest BCUT2D eigenvalue weighted by Crippen LogP contribution is 2.32. The normalized spacial score (nSPS) is 32.2. The molecule has 2 N–H and O–H groups in total. The van der Waals surface area contributed by atoms with Crippen LogP contribution in [0.3, 0.4) is 0 Å². The van der Waals surface area contributed by atoms with E-state index in [1.807, 2.05) is 0 Å². The van der Waals surface area contributed by atoms with Crippen molar-refractivity contribution in [2.75, 3.05) is 6.54 Å². The molecule has 0 saturated heterocycles. The highest BCUT2D eigenvalue weighted by molar-refractivity contribution is 4.72. The molecule has 0 spiro atoms. The second kappa shape index (κ2) is 4.76. The van der Waals surface area contributed by atoms with E-state index in [-0.39, 0.29) is 0 Å². The van der Waals surface area contributed by atoms with E-state index in [2.05, 4.69) is 6.92 Å². The first kappa shape index (κ1) is 9.05. The van der Waals surface area contributed by atoms with Gasteiger partial charge in [-0.15, -0.1) is 0 Å². The van der Waals surface area contributed by atoms with Gasteiger partial charge < -0.3 is 5.73 Å². The van der Waals surface area contributed by atoms with Crippen LogP contribution in [0.15, 0.2) is 0 Å². The Morgan fingerprint density at radius 1 is 1.27 bits per heavy atom. The molecule has 66 valence electrons. The molecule has 1 aliphatic rings. The Bertz CT molecular complexity index is 99.0. The lowest BCUT2D eigenvalue weighted by atomic mass is 9.79. The molecule has 11 heavy (non-hydrogen) atoms. The van der Waals surface area contributed by atoms with Gasteiger partial charge in [-0.2, -0.15) is 0 Å². The summed E-state index contributed by atoms with van der Waals surface area (Å²) >= 11 is 0. The Morgan fingerprint density at radius 2 is 2.00 bits per heavy atom. The van der Waals surface area contributed by atoms with Crippen LogP contribution in [0.25, 0.3) is 0 Å². The van der Waals surface area contributed by atoms with E-state index in [1.165, 1.54) is 38.5 Å². The highest BCUT2D eigenvalue weighted by atomic mass is 14.5. The van der Waals surface area contributed by atoms with Crippen LogP contribution in [0.4, 0.5) is 0 Å². The fourth-order valence-corrected chi connectivity index (χ4v) is 2.27. The number of hydrogen-bond acceptors (Lipinski definition) is 1. The maximum Gasteiger partial charge on any atom is -0.00746 e. The highest BCUT2D eigenvalue weighted by Gasteiger charge is 2.19. The maximum absolute atomic E-state index is 5.55. The van der Waals surface area contributed by atoms with Crippen molar-refractivity contribution in [2.45, 2.75) is 45.4 Å². The molecule has 0 aromatic heterocycles. The summed E-state index contributed by atoms with van der Waals surface area (Å²) in [7, 11) is 0. The van der Waals surface area contributed by atoms with Gasteiger partial charge in [0, 0.05) is 0 Å². The van der Waals surface area contributed by atoms with Gasteiger partial charge in [-0.25, -0.2) is 0 Å². The Hall–Kier alpha value is -0.0400. The molecule has 1 fully saturated rings. The average molecular weight is 155 g/mol. The summed E-state index contributed by atoms with van der Waals surface area (Å²) in [6, 6.07) is 0. The van der Waals surface area contributed by atoms with Crippen LogP contribution >= 0.6 is 0 Å². The van der Waals surface area contributed by atoms with Gasteiger partial charge in [-0.1, -0.05) is 32.6 Å². The smallest absolute Gasteiger partial charge is 0.00746 e. The molecule has 1 rings (SSSR count). The van der Waals surface area contributed by atoms with Crippen molar-refractivity contribution in [1.82, 2.24) is 0 Å². The molecule has 0 heterocycles. The molecule has 2 unspecified atom stereocenters. The van der Waals surface area contributed by atoms with Crippen molar-refractivity contribution in [3.05, 3.63) is 0 Å². The third kappa shape index (κ3) is 2.82. The molecule has 1 heteroatoms. The minimum atomic E-state index is 0.890. The zero-order valence-corrected chi connectivity index (χ0v) is 7.68. The predicted octanol–water partition coefficient (Wildman–Crippen LogP) is 2.55. The van der Waals surface area contributed by atoms with E-state index < -0.39 is 0 Å². The molecule has 2 atom stereocenters. The van der Waals surface area contributed by atoms with E-state index in [1.54, 1.807) is 0 Å². The van der Waals surface area contributed by atoms with Gasteiger partial charge in [0.1, 0.15) is 0 Å². The summed E-state index contributed by atoms with van der Waals surface area (Å²) in [6.07, 6.45) is 8.44. The van der Waals surface area contributed by atoms with E-state index in [4.69, 9.17) is 5.73 Å². The second-order valence-corrected chi connectivity index (χ2v) is 3.88. The summed E-state index contributed by atoms with van der Waals surface area (Å²) in [5.74, 6) is 1.97. The molecule has 0 aromatic carbocycles. The Morgan fingerprint density at radius 3 is 2.64 bits per heavy atom. The van der Waals surface area contributed by atoms with E-state index in [9.17, 15) is 0 Å². The second-order valence-electron chi connectivity index (χ2n) is 3.88. The van der Waals surface area contributed by atoms with Crippen molar-refractivity contribution >= 4 is 0 Å². The minimum absolute atomic E-state index is 0.890. The van der Waals surface area contributed by atoms with Crippen LogP contribution in [0, 0.1) is 11.8 Å². The van der Waals surface area contributed by atoms with Crippen LogP contribution in [0.5, 0.6) is 0 Å². The van der Waals surface area contributed by atoms with Gasteiger partial charge in [0.2, 0.25) is 0 Å². The molecular weight excluding hydrogens is 134 g/mol. The summed E-state index contributed by atoms with van der Waals surface area (Å²) in [4.78, 5) is 0. The lowest BCUT2D eigenvalue weighted by Crippen LogP contribution is -2.17. The van der Waals surface area contributed by atoms with E-state index in [0.717, 1.165) is 18.4 Å². The molecular formula is C10H21N. The van der Waals surface area contributed by atoms with Crippen LogP contribution in [0.1, 0.15) is 45.4 Å². The quantitative estimate of drug-likeness (QED) is 0.666. The molecule has 1 nitrogen and oxygen atoms in total. The first-order valence-corrected chi connectivity index (χ1v) is 5.06. The first-order valence-electron chi connectivity index (χ1n) is 5.06. The van der Waals surface area contributed by atoms with Gasteiger partial charge in [0.25, 0.3) is 0 Å². The Labute approximate surface area is 70.4 Å². The van der Waals surface area contributed by atoms with E-state index in [0.29, 0.717) is 0 Å². The number of nitrogens with two attached hydrogens (primary N) is 1. The van der Waals surface area contributed by atoms with Crippen molar-refractivity contribution in [3.63, 3.8) is 0 Å². The van der Waals surface area contributed by atoms with Gasteiger partial charge in [0.15, 0.2) is 0 Å². The molecule has 0 amide bonds. The molecule has 1 saturated carbocycles. The van der Waals surface area contributed by atoms with Crippen molar-refractivity contribution in [2.24, 2.45) is 17.6 Å². The number of rotatable bonds is 3. The summed E-state index contributed by atoms with van der Waals surface area (Å²) in [5, 5.41) is 0. The standard InChI is InChI=1S/C10H21N/c1-2-9-4-3-5-10(8-9)6-7-11/h9-10H,2-8,11H2,1H3. The average Bonchev–Trinajstić information content (AvgIpc) is 2.06. The Balaban J connectivity index is 2.21. The van der Waals surface area contributed by atoms with Crippen LogP contribution in [-0.2, 0) is 0 Å². The molecule has 0 bridgehead atoms. The SMILES string of the molecule is CCC1CCCC(CCN)C1. The lowest BCUT2D eigenvalue weighted by Gasteiger charge is -2.27. The maximum atomic E-state index is 5.55. The summed E-state index contributed by atoms with van der Waals surface area (Å²) < 4.78 is 0. The molecule has 0 aliphatic heterocycles. The molecule has 0 aromatic rings. The van der Waals surface area contributed by atoms with Crippen LogP contribution in [-0.4, -0.2) is 6.54 Å². The van der Waals surface area contributed by atoms with Crippen LogP contribution < -0.4 is 5.73 Å². The fraction of sp³-hybridized carbons (Fsp3) is 1.00. The topological polar surface area (TPSA) is 26.0 Å².